The van der Waals surface area contributed by atoms with Crippen LogP contribution in [0.5, 0.6) is 0 Å². The zero-order valence-electron chi connectivity index (χ0n) is 106. The van der Waals surface area contributed by atoms with E-state index in [1.54, 1.807) is 75.0 Å². The Labute approximate surface area is 841 Å². The van der Waals surface area contributed by atoms with Crippen LogP contribution in [0.2, 0.25) is 0 Å². The standard InChI is InChI=1S/C63H53N4.C57H49N4.2Pt/c1-62(2,3)49-32-33-64-60(41-49)67-56-27-17-16-26-52(56)53-31-30-43(37-59(53)67)34-44-35-50(63(4,5)6)40-51(36-44)65-42-66(58-29-19-18-28-57(58)65)61-54(46-22-12-8-13-23-46)38-48(45-20-10-7-11-21-45)39-55(61)47-24-14-9-15-25-47;1-56(2,3)43-30-31-58-54(37-43)61-50-25-14-13-24-46(50)47-29-28-40(34-53(47)61)32-39-18-17-23-45(33-39)59-38-60(52-27-16-15-26-51(52)59)55-48(41-19-9-7-10-20-41)35-44(57(4,5)6)36-49(55)42-21-11-8-12-22-42;;/h7-33,35,38-42H,34H2,1-6H3;7-31,35-38H,32H2,1-6H3;;/q2*-3;;/i7D,8D,9D,10D,11D,12D,13D,14D,15D,16D,17D,20D,21D,22D,23D,24D,25D,26D,27D;7D,8D,9D,10D,11D,12D,13D,14D,19D,20D,21D,22D,24D,25D;;. The third-order valence-corrected chi connectivity index (χ3v) is 23.0. The van der Waals surface area contributed by atoms with Crippen molar-refractivity contribution in [2.24, 2.45) is 0 Å². The monoisotopic (exact) mass is 2080 g/mol. The molecule has 19 aromatic rings. The maximum absolute atomic E-state index is 9.39. The second-order valence-electron chi connectivity index (χ2n) is 35.6. The van der Waals surface area contributed by atoms with Crippen LogP contribution in [0, 0.1) is 37.6 Å². The molecule has 15 aromatic carbocycles. The molecule has 6 heterocycles. The van der Waals surface area contributed by atoms with Crippen molar-refractivity contribution in [2.75, 3.05) is 19.6 Å². The summed E-state index contributed by atoms with van der Waals surface area (Å²) >= 11 is 0. The van der Waals surface area contributed by atoms with Crippen LogP contribution in [-0.2, 0) is 76.6 Å². The van der Waals surface area contributed by atoms with Gasteiger partial charge in [-0.2, -0.15) is 101 Å². The van der Waals surface area contributed by atoms with Gasteiger partial charge in [-0.1, -0.05) is 306 Å². The van der Waals surface area contributed by atoms with Gasteiger partial charge in [0.1, 0.15) is 11.6 Å². The molecule has 21 rings (SSSR count). The summed E-state index contributed by atoms with van der Waals surface area (Å²) in [6.07, 6.45) is 3.93. The van der Waals surface area contributed by atoms with Crippen LogP contribution in [-0.4, -0.2) is 19.1 Å². The van der Waals surface area contributed by atoms with Crippen molar-refractivity contribution in [2.45, 2.75) is 118 Å². The zero-order valence-corrected chi connectivity index (χ0v) is 77.4. The average Bonchev–Trinajstić information content (AvgIpc) is 1.63. The molecule has 0 bridgehead atoms. The van der Waals surface area contributed by atoms with Gasteiger partial charge in [0, 0.05) is 122 Å². The molecule has 8 nitrogen and oxygen atoms in total. The van der Waals surface area contributed by atoms with E-state index in [0.29, 0.717) is 107 Å². The fourth-order valence-corrected chi connectivity index (χ4v) is 16.5. The molecule has 10 heteroatoms. The van der Waals surface area contributed by atoms with Gasteiger partial charge in [-0.15, -0.1) is 41.6 Å². The van der Waals surface area contributed by atoms with E-state index in [1.807, 2.05) is 161 Å². The molecule has 130 heavy (non-hydrogen) atoms. The van der Waals surface area contributed by atoms with Gasteiger partial charge >= 0.3 is 0 Å². The summed E-state index contributed by atoms with van der Waals surface area (Å²) in [6.45, 7) is 27.8. The van der Waals surface area contributed by atoms with Crippen molar-refractivity contribution in [1.82, 2.24) is 19.1 Å². The molecule has 0 aliphatic carbocycles. The molecule has 0 atom stereocenters. The Hall–Kier alpha value is -13.2. The number of anilines is 8. The van der Waals surface area contributed by atoms with Crippen LogP contribution in [0.25, 0.3) is 111 Å². The molecule has 0 radical (unpaired) electrons. The summed E-state index contributed by atoms with van der Waals surface area (Å²) in [5.74, 6) is 0.931. The van der Waals surface area contributed by atoms with Gasteiger partial charge in [0.25, 0.3) is 0 Å². The molecular formula is C120H102N8Pt2-6. The molecule has 2 aliphatic heterocycles. The van der Waals surface area contributed by atoms with E-state index >= 15 is 0 Å². The minimum atomic E-state index is -0.728. The molecule has 2 aliphatic rings. The molecular weight excluding hydrogens is 1940 g/mol. The van der Waals surface area contributed by atoms with Crippen LogP contribution in [0.3, 0.4) is 0 Å². The first-order valence-electron chi connectivity index (χ1n) is 58.4. The van der Waals surface area contributed by atoms with Crippen molar-refractivity contribution >= 4 is 89.1 Å². The Kier molecular flexibility index (Phi) is 15.4. The van der Waals surface area contributed by atoms with Crippen molar-refractivity contribution in [3.63, 3.8) is 0 Å². The first kappa shape index (κ1) is 56.3. The third-order valence-electron chi connectivity index (χ3n) is 23.0. The number of pyridine rings is 2. The van der Waals surface area contributed by atoms with Gasteiger partial charge in [-0.05, 0) is 180 Å². The van der Waals surface area contributed by atoms with Gasteiger partial charge in [0.05, 0.1) is 45.2 Å². The molecule has 4 aromatic heterocycles. The van der Waals surface area contributed by atoms with Crippen LogP contribution in [0.15, 0.2) is 363 Å². The van der Waals surface area contributed by atoms with E-state index < -0.39 is 173 Å². The minimum absolute atomic E-state index is 0. The van der Waals surface area contributed by atoms with Crippen molar-refractivity contribution in [3.05, 3.63) is 446 Å². The second-order valence-corrected chi connectivity index (χ2v) is 35.6. The van der Waals surface area contributed by atoms with E-state index in [4.69, 9.17) is 44.2 Å². The Morgan fingerprint density at radius 2 is 0.631 bits per heavy atom. The van der Waals surface area contributed by atoms with Crippen LogP contribution in [0.4, 0.5) is 45.5 Å². The molecule has 0 fully saturated rings. The number of rotatable bonds is 15. The second kappa shape index (κ2) is 35.7. The largest absolute Gasteiger partial charge is 0.493 e. The Morgan fingerprint density at radius 3 is 1.05 bits per heavy atom. The molecule has 0 unspecified atom stereocenters. The van der Waals surface area contributed by atoms with Gasteiger partial charge in [0.15, 0.2) is 0 Å². The van der Waals surface area contributed by atoms with Crippen LogP contribution < -0.4 is 19.6 Å². The number of fused-ring (bicyclic) bond motifs is 8. The molecule has 0 N–H and O–H groups in total. The van der Waals surface area contributed by atoms with Crippen LogP contribution in [0.1, 0.15) is 173 Å². The van der Waals surface area contributed by atoms with E-state index in [1.165, 1.54) is 12.1 Å². The summed E-state index contributed by atoms with van der Waals surface area (Å²) in [4.78, 5) is 16.5. The van der Waals surface area contributed by atoms with Crippen molar-refractivity contribution in [1.29, 1.82) is 0 Å². The van der Waals surface area contributed by atoms with Gasteiger partial charge in [-0.25, -0.2) is 9.97 Å². The number of aromatic nitrogens is 4. The predicted octanol–water partition coefficient (Wildman–Crippen LogP) is 31.1. The van der Waals surface area contributed by atoms with E-state index in [9.17, 15) is 11.0 Å². The number of benzene rings is 15. The first-order valence-corrected chi connectivity index (χ1v) is 41.9. The van der Waals surface area contributed by atoms with E-state index in [0.717, 1.165) is 27.8 Å². The Bertz CT molecular complexity index is 9230. The fraction of sp³-hybridized carbons (Fsp3) is 0.150. The Morgan fingerprint density at radius 1 is 0.285 bits per heavy atom. The summed E-state index contributed by atoms with van der Waals surface area (Å²) < 4.78 is 297. The Balaban J connectivity index is 0.000000209. The predicted molar refractivity (Wildman–Crippen MR) is 536 cm³/mol. The topological polar surface area (TPSA) is 48.6 Å². The number of nitrogens with zero attached hydrogens (tertiary/aromatic N) is 8. The summed E-state index contributed by atoms with van der Waals surface area (Å²) in [6, 6.07) is 41.8. The molecule has 0 saturated carbocycles. The van der Waals surface area contributed by atoms with Crippen molar-refractivity contribution in [3.8, 4) is 67.3 Å². The maximum Gasteiger partial charge on any atom is 0.135 e. The molecule has 0 amide bonds. The maximum atomic E-state index is 9.39. The average molecular weight is 2080 g/mol. The SMILES string of the molecule is [2H]c1c([2H])c([2H])c(-c2cc(-c3c([2H])c([2H])c([2H])c([2H])c3[2H])c(N3[CH-]N(c4[c-]c(Cc5[c-]c6c(cc5)c5c([2H])c([2H])c([2H])c([2H])c5n6-c5cc(C(C)(C)C)ccn5)cc(C(C)(C)C)c4)c4ccccc43)c(-c3c([2H])c([2H])c([2H])c([2H])c3[2H])c2)c([2H])c1[2H].[2H]c1c([2H])c([2H])c(-c2cc(C(C)(C)C)cc(-c3c([2H])c([2H])c([2H])c([2H])c3[2H])c2N2[CH-]N(c3[c-]c(Cc4[c-]c5c(cc4)c4c([2H])c([2H])c([2H])c([2H])c4n5-c4cc(C(C)(C)C)ccn4)ccc3)c3ccccc32)c([2H])c1[2H].[Pt].[Pt]. The zero-order chi connectivity index (χ0) is 116. The molecule has 0 spiro atoms. The number of hydrogen-bond donors (Lipinski definition) is 0. The third kappa shape index (κ3) is 17.1. The van der Waals surface area contributed by atoms with Crippen LogP contribution >= 0.6 is 0 Å². The first-order chi connectivity index (χ1) is 75.7. The normalized spacial score (nSPS) is 16.3. The molecule has 0 saturated heterocycles. The number of hydrogen-bond acceptors (Lipinski definition) is 6. The quantitative estimate of drug-likeness (QED) is 0.0954. The number of para-hydroxylation sites is 6. The van der Waals surface area contributed by atoms with Gasteiger partial charge < -0.3 is 28.7 Å². The summed E-state index contributed by atoms with van der Waals surface area (Å²) in [5.41, 5.74) is 8.04. The summed E-state index contributed by atoms with van der Waals surface area (Å²) in [5, 5.41) is 1.82. The fourth-order valence-electron chi connectivity index (χ4n) is 16.5. The van der Waals surface area contributed by atoms with Gasteiger partial charge in [0.2, 0.25) is 0 Å². The smallest absolute Gasteiger partial charge is 0.135 e. The van der Waals surface area contributed by atoms with E-state index in [2.05, 4.69) is 65.8 Å². The summed E-state index contributed by atoms with van der Waals surface area (Å²) in [7, 11) is 0. The van der Waals surface area contributed by atoms with E-state index in [-0.39, 0.29) is 169 Å². The van der Waals surface area contributed by atoms with Crippen molar-refractivity contribution < 1.29 is 87.4 Å². The van der Waals surface area contributed by atoms with Gasteiger partial charge in [-0.3, -0.25) is 0 Å². The minimum Gasteiger partial charge on any atom is -0.493 e. The molecule has 648 valence electrons.